The van der Waals surface area contributed by atoms with Crippen molar-refractivity contribution in [2.24, 2.45) is 0 Å². The van der Waals surface area contributed by atoms with E-state index in [-0.39, 0.29) is 11.8 Å². The molecule has 2 amide bonds. The Labute approximate surface area is 192 Å². The number of hydrogen-bond donors (Lipinski definition) is 2. The molecule has 0 unspecified atom stereocenters. The highest BCUT2D eigenvalue weighted by atomic mass is 32.2. The van der Waals surface area contributed by atoms with Crippen molar-refractivity contribution in [1.82, 2.24) is 0 Å². The van der Waals surface area contributed by atoms with Crippen molar-refractivity contribution in [1.29, 1.82) is 0 Å². The molecule has 3 aromatic carbocycles. The molecular formula is C25H23N3O4S. The van der Waals surface area contributed by atoms with Gasteiger partial charge in [-0.05, 0) is 66.1 Å². The van der Waals surface area contributed by atoms with E-state index in [2.05, 4.69) is 10.0 Å². The summed E-state index contributed by atoms with van der Waals surface area (Å²) in [7, 11) is -3.33. The van der Waals surface area contributed by atoms with Crippen molar-refractivity contribution in [2.75, 3.05) is 27.7 Å². The summed E-state index contributed by atoms with van der Waals surface area (Å²) in [6.45, 7) is 0.659. The molecule has 0 saturated heterocycles. The van der Waals surface area contributed by atoms with Crippen LogP contribution in [0.5, 0.6) is 0 Å². The standard InChI is InChI=1S/C25H23N3O4S/c1-33(31,32)27-22-11-6-18(7-12-22)8-15-24(29)26-21-13-9-20(10-14-21)25(30)28-17-16-19-4-2-3-5-23(19)28/h2-15,27H,16-17H2,1H3,(H,26,29)/b15-8+. The number of nitrogens with one attached hydrogen (secondary N) is 2. The van der Waals surface area contributed by atoms with Crippen molar-refractivity contribution in [3.8, 4) is 0 Å². The summed E-state index contributed by atoms with van der Waals surface area (Å²) in [6, 6.07) is 21.3. The highest BCUT2D eigenvalue weighted by Crippen LogP contribution is 2.29. The molecule has 8 heteroatoms. The molecule has 1 heterocycles. The fraction of sp³-hybridized carbons (Fsp3) is 0.120. The maximum absolute atomic E-state index is 12.9. The third-order valence-electron chi connectivity index (χ3n) is 5.17. The van der Waals surface area contributed by atoms with E-state index in [1.165, 1.54) is 11.6 Å². The minimum atomic E-state index is -3.33. The van der Waals surface area contributed by atoms with Crippen LogP contribution in [-0.2, 0) is 21.2 Å². The van der Waals surface area contributed by atoms with Gasteiger partial charge in [0.1, 0.15) is 0 Å². The number of sulfonamides is 1. The first-order chi connectivity index (χ1) is 15.8. The summed E-state index contributed by atoms with van der Waals surface area (Å²) >= 11 is 0. The van der Waals surface area contributed by atoms with Gasteiger partial charge >= 0.3 is 0 Å². The largest absolute Gasteiger partial charge is 0.323 e. The third kappa shape index (κ3) is 5.67. The predicted octanol–water partition coefficient (Wildman–Crippen LogP) is 3.91. The molecule has 3 aromatic rings. The zero-order valence-electron chi connectivity index (χ0n) is 18.0. The van der Waals surface area contributed by atoms with Gasteiger partial charge in [-0.2, -0.15) is 0 Å². The van der Waals surface area contributed by atoms with Crippen molar-refractivity contribution < 1.29 is 18.0 Å². The van der Waals surface area contributed by atoms with Gasteiger partial charge in [0.15, 0.2) is 0 Å². The van der Waals surface area contributed by atoms with Gasteiger partial charge < -0.3 is 10.2 Å². The van der Waals surface area contributed by atoms with Gasteiger partial charge in [0.25, 0.3) is 5.91 Å². The second-order valence-electron chi connectivity index (χ2n) is 7.73. The lowest BCUT2D eigenvalue weighted by molar-refractivity contribution is -0.111. The van der Waals surface area contributed by atoms with Gasteiger partial charge in [-0.1, -0.05) is 30.3 Å². The van der Waals surface area contributed by atoms with Gasteiger partial charge in [0.05, 0.1) is 6.26 Å². The molecule has 0 bridgehead atoms. The summed E-state index contributed by atoms with van der Waals surface area (Å²) in [5.74, 6) is -0.382. The quantitative estimate of drug-likeness (QED) is 0.544. The molecule has 0 aliphatic carbocycles. The lowest BCUT2D eigenvalue weighted by atomic mass is 10.1. The smallest absolute Gasteiger partial charge is 0.258 e. The molecule has 2 N–H and O–H groups in total. The Balaban J connectivity index is 1.35. The second-order valence-corrected chi connectivity index (χ2v) is 9.48. The molecular weight excluding hydrogens is 438 g/mol. The average molecular weight is 462 g/mol. The molecule has 0 aromatic heterocycles. The van der Waals surface area contributed by atoms with Crippen LogP contribution in [-0.4, -0.2) is 33.0 Å². The van der Waals surface area contributed by atoms with E-state index in [1.54, 1.807) is 59.5 Å². The molecule has 168 valence electrons. The van der Waals surface area contributed by atoms with E-state index in [4.69, 9.17) is 0 Å². The number of hydrogen-bond acceptors (Lipinski definition) is 4. The summed E-state index contributed by atoms with van der Waals surface area (Å²) in [5, 5.41) is 2.76. The van der Waals surface area contributed by atoms with E-state index in [9.17, 15) is 18.0 Å². The van der Waals surface area contributed by atoms with E-state index < -0.39 is 10.0 Å². The molecule has 0 fully saturated rings. The van der Waals surface area contributed by atoms with Crippen LogP contribution in [0.15, 0.2) is 78.9 Å². The number of fused-ring (bicyclic) bond motifs is 1. The zero-order valence-corrected chi connectivity index (χ0v) is 18.8. The number of carbonyl (C=O) groups is 2. The highest BCUT2D eigenvalue weighted by Gasteiger charge is 2.24. The Hall–Kier alpha value is -3.91. The topological polar surface area (TPSA) is 95.6 Å². The summed E-state index contributed by atoms with van der Waals surface area (Å²) < 4.78 is 24.9. The second kappa shape index (κ2) is 9.30. The Morgan fingerprint density at radius 1 is 0.909 bits per heavy atom. The Morgan fingerprint density at radius 2 is 1.58 bits per heavy atom. The molecule has 1 aliphatic heterocycles. The SMILES string of the molecule is CS(=O)(=O)Nc1ccc(/C=C/C(=O)Nc2ccc(C(=O)N3CCc4ccccc43)cc2)cc1. The van der Waals surface area contributed by atoms with Crippen LogP contribution < -0.4 is 14.9 Å². The van der Waals surface area contributed by atoms with Gasteiger partial charge in [-0.15, -0.1) is 0 Å². The highest BCUT2D eigenvalue weighted by molar-refractivity contribution is 7.92. The van der Waals surface area contributed by atoms with Crippen LogP contribution in [0.4, 0.5) is 17.1 Å². The minimum Gasteiger partial charge on any atom is -0.323 e. The maximum atomic E-state index is 12.9. The number of anilines is 3. The maximum Gasteiger partial charge on any atom is 0.258 e. The van der Waals surface area contributed by atoms with Crippen LogP contribution in [0, 0.1) is 0 Å². The van der Waals surface area contributed by atoms with Crippen LogP contribution in [0.3, 0.4) is 0 Å². The third-order valence-corrected chi connectivity index (χ3v) is 5.78. The summed E-state index contributed by atoms with van der Waals surface area (Å²) in [5.41, 5.74) is 4.45. The number of benzene rings is 3. The molecule has 1 aliphatic rings. The molecule has 33 heavy (non-hydrogen) atoms. The molecule has 0 saturated carbocycles. The first-order valence-corrected chi connectivity index (χ1v) is 12.2. The van der Waals surface area contributed by atoms with Crippen LogP contribution in [0.2, 0.25) is 0 Å². The molecule has 7 nitrogen and oxygen atoms in total. The minimum absolute atomic E-state index is 0.0634. The van der Waals surface area contributed by atoms with Crippen LogP contribution in [0.25, 0.3) is 6.08 Å². The number of para-hydroxylation sites is 1. The van der Waals surface area contributed by atoms with Gasteiger partial charge in [0.2, 0.25) is 15.9 Å². The van der Waals surface area contributed by atoms with Crippen molar-refractivity contribution >= 4 is 45.0 Å². The Bertz CT molecular complexity index is 1310. The van der Waals surface area contributed by atoms with Gasteiger partial charge in [-0.25, -0.2) is 8.42 Å². The van der Waals surface area contributed by atoms with E-state index in [0.717, 1.165) is 23.9 Å². The van der Waals surface area contributed by atoms with E-state index in [1.807, 2.05) is 24.3 Å². The van der Waals surface area contributed by atoms with Gasteiger partial charge in [0, 0.05) is 35.2 Å². The van der Waals surface area contributed by atoms with Crippen molar-refractivity contribution in [3.63, 3.8) is 0 Å². The molecule has 0 atom stereocenters. The predicted molar refractivity (Wildman–Crippen MR) is 131 cm³/mol. The van der Waals surface area contributed by atoms with Crippen molar-refractivity contribution in [3.05, 3.63) is 95.6 Å². The zero-order chi connectivity index (χ0) is 23.4. The first kappa shape index (κ1) is 22.3. The van der Waals surface area contributed by atoms with Crippen LogP contribution in [0.1, 0.15) is 21.5 Å². The van der Waals surface area contributed by atoms with E-state index >= 15 is 0 Å². The molecule has 0 radical (unpaired) electrons. The summed E-state index contributed by atoms with van der Waals surface area (Å²) in [4.78, 5) is 26.9. The van der Waals surface area contributed by atoms with Gasteiger partial charge in [-0.3, -0.25) is 14.3 Å². The summed E-state index contributed by atoms with van der Waals surface area (Å²) in [6.07, 6.45) is 4.94. The lowest BCUT2D eigenvalue weighted by Gasteiger charge is -2.17. The number of nitrogens with zero attached hydrogens (tertiary/aromatic N) is 1. The normalized spacial score (nSPS) is 13.1. The molecule has 4 rings (SSSR count). The van der Waals surface area contributed by atoms with Crippen LogP contribution >= 0.6 is 0 Å². The lowest BCUT2D eigenvalue weighted by Crippen LogP contribution is -2.28. The fourth-order valence-electron chi connectivity index (χ4n) is 3.63. The Morgan fingerprint density at radius 3 is 2.27 bits per heavy atom. The monoisotopic (exact) mass is 461 g/mol. The average Bonchev–Trinajstić information content (AvgIpc) is 3.22. The molecule has 0 spiro atoms. The number of carbonyl (C=O) groups excluding carboxylic acids is 2. The fourth-order valence-corrected chi connectivity index (χ4v) is 4.20. The number of amides is 2. The van der Waals surface area contributed by atoms with E-state index in [0.29, 0.717) is 23.5 Å². The van der Waals surface area contributed by atoms with Crippen molar-refractivity contribution in [2.45, 2.75) is 6.42 Å². The Kier molecular flexibility index (Phi) is 6.28. The first-order valence-electron chi connectivity index (χ1n) is 10.4. The number of rotatable bonds is 6.